The van der Waals surface area contributed by atoms with Crippen molar-refractivity contribution in [3.05, 3.63) is 29.8 Å². The number of anilines is 1. The predicted molar refractivity (Wildman–Crippen MR) is 92.5 cm³/mol. The molecule has 7 nitrogen and oxygen atoms in total. The minimum atomic E-state index is -0.873. The van der Waals surface area contributed by atoms with Crippen molar-refractivity contribution in [2.45, 2.75) is 25.7 Å². The van der Waals surface area contributed by atoms with Crippen molar-refractivity contribution in [1.29, 1.82) is 0 Å². The van der Waals surface area contributed by atoms with Crippen molar-refractivity contribution in [3.63, 3.8) is 0 Å². The lowest BCUT2D eigenvalue weighted by atomic mass is 9.99. The third-order valence-corrected chi connectivity index (χ3v) is 4.85. The van der Waals surface area contributed by atoms with Crippen molar-refractivity contribution in [3.8, 4) is 0 Å². The van der Waals surface area contributed by atoms with Gasteiger partial charge >= 0.3 is 12.0 Å². The molecular formula is C18H23N3O4. The smallest absolute Gasteiger partial charge is 0.321 e. The van der Waals surface area contributed by atoms with Crippen LogP contribution in [0.5, 0.6) is 0 Å². The number of amides is 3. The molecule has 2 heterocycles. The molecule has 2 saturated heterocycles. The van der Waals surface area contributed by atoms with Crippen molar-refractivity contribution in [1.82, 2.24) is 9.80 Å². The number of carboxylic acid groups (broad SMARTS) is 1. The third kappa shape index (κ3) is 3.92. The number of nitrogens with zero attached hydrogens (tertiary/aromatic N) is 2. The lowest BCUT2D eigenvalue weighted by Crippen LogP contribution is -2.44. The van der Waals surface area contributed by atoms with Crippen LogP contribution in [0.3, 0.4) is 0 Å². The van der Waals surface area contributed by atoms with Gasteiger partial charge in [-0.05, 0) is 37.8 Å². The van der Waals surface area contributed by atoms with Gasteiger partial charge in [-0.2, -0.15) is 0 Å². The van der Waals surface area contributed by atoms with Crippen LogP contribution in [-0.4, -0.2) is 59.0 Å². The van der Waals surface area contributed by atoms with E-state index in [0.29, 0.717) is 30.6 Å². The van der Waals surface area contributed by atoms with Gasteiger partial charge in [0, 0.05) is 26.2 Å². The Kier molecular flexibility index (Phi) is 5.21. The van der Waals surface area contributed by atoms with Crippen molar-refractivity contribution >= 4 is 23.6 Å². The lowest BCUT2D eigenvalue weighted by molar-refractivity contribution is -0.143. The molecule has 1 atom stereocenters. The molecule has 0 radical (unpaired) electrons. The first-order chi connectivity index (χ1) is 12.1. The Morgan fingerprint density at radius 2 is 1.68 bits per heavy atom. The van der Waals surface area contributed by atoms with E-state index in [4.69, 9.17) is 5.11 Å². The number of carbonyl (C=O) groups excluding carboxylic acids is 2. The second-order valence-electron chi connectivity index (χ2n) is 6.60. The molecule has 3 rings (SSSR count). The van der Waals surface area contributed by atoms with E-state index in [1.165, 1.54) is 4.90 Å². The number of carboxylic acids is 1. The Morgan fingerprint density at radius 3 is 2.40 bits per heavy atom. The number of carbonyl (C=O) groups is 3. The first-order valence-corrected chi connectivity index (χ1v) is 8.73. The summed E-state index contributed by atoms with van der Waals surface area (Å²) in [5.41, 5.74) is 0.950. The first kappa shape index (κ1) is 17.3. The third-order valence-electron chi connectivity index (χ3n) is 4.85. The fraction of sp³-hybridized carbons (Fsp3) is 0.500. The number of nitrogens with one attached hydrogen (secondary N) is 1. The summed E-state index contributed by atoms with van der Waals surface area (Å²) in [6.45, 7) is 2.21. The fourth-order valence-electron chi connectivity index (χ4n) is 3.43. The van der Waals surface area contributed by atoms with E-state index in [1.54, 1.807) is 29.2 Å². The zero-order valence-electron chi connectivity index (χ0n) is 14.1. The van der Waals surface area contributed by atoms with Crippen LogP contribution in [0.15, 0.2) is 24.3 Å². The molecule has 0 spiro atoms. The fourth-order valence-corrected chi connectivity index (χ4v) is 3.43. The van der Waals surface area contributed by atoms with Crippen LogP contribution in [0, 0.1) is 5.92 Å². The molecule has 0 aromatic heterocycles. The molecule has 2 aliphatic heterocycles. The molecule has 0 aliphatic carbocycles. The second kappa shape index (κ2) is 7.55. The maximum atomic E-state index is 12.7. The van der Waals surface area contributed by atoms with E-state index >= 15 is 0 Å². The van der Waals surface area contributed by atoms with Gasteiger partial charge in [-0.25, -0.2) is 4.79 Å². The van der Waals surface area contributed by atoms with Gasteiger partial charge in [-0.1, -0.05) is 12.1 Å². The van der Waals surface area contributed by atoms with E-state index in [9.17, 15) is 14.4 Å². The summed E-state index contributed by atoms with van der Waals surface area (Å²) in [7, 11) is 0. The molecule has 1 aromatic carbocycles. The van der Waals surface area contributed by atoms with Gasteiger partial charge in [0.05, 0.1) is 17.2 Å². The van der Waals surface area contributed by atoms with Crippen LogP contribution in [0.25, 0.3) is 0 Å². The molecule has 1 unspecified atom stereocenters. The lowest BCUT2D eigenvalue weighted by Gasteiger charge is -2.31. The number of aliphatic carboxylic acids is 1. The zero-order chi connectivity index (χ0) is 17.8. The minimum Gasteiger partial charge on any atom is -0.481 e. The maximum Gasteiger partial charge on any atom is 0.321 e. The topological polar surface area (TPSA) is 90.0 Å². The molecule has 134 valence electrons. The average molecular weight is 345 g/mol. The van der Waals surface area contributed by atoms with Crippen LogP contribution < -0.4 is 5.32 Å². The summed E-state index contributed by atoms with van der Waals surface area (Å²) in [6.07, 6.45) is 3.26. The average Bonchev–Trinajstić information content (AvgIpc) is 3.16. The minimum absolute atomic E-state index is 0.0737. The highest BCUT2D eigenvalue weighted by Gasteiger charge is 2.29. The second-order valence-corrected chi connectivity index (χ2v) is 6.60. The van der Waals surface area contributed by atoms with Crippen LogP contribution in [0.2, 0.25) is 0 Å². The number of urea groups is 1. The molecule has 0 saturated carbocycles. The van der Waals surface area contributed by atoms with E-state index in [-0.39, 0.29) is 18.5 Å². The number of hydrogen-bond acceptors (Lipinski definition) is 3. The summed E-state index contributed by atoms with van der Waals surface area (Å²) in [5.74, 6) is -1.47. The van der Waals surface area contributed by atoms with Gasteiger partial charge in [0.2, 0.25) is 0 Å². The van der Waals surface area contributed by atoms with E-state index < -0.39 is 11.9 Å². The number of benzene rings is 1. The van der Waals surface area contributed by atoms with Gasteiger partial charge in [-0.15, -0.1) is 0 Å². The number of hydrogen-bond donors (Lipinski definition) is 2. The van der Waals surface area contributed by atoms with Crippen LogP contribution in [-0.2, 0) is 4.79 Å². The van der Waals surface area contributed by atoms with Crippen LogP contribution in [0.1, 0.15) is 36.0 Å². The highest BCUT2D eigenvalue weighted by Crippen LogP contribution is 2.22. The van der Waals surface area contributed by atoms with Gasteiger partial charge in [-0.3, -0.25) is 9.59 Å². The molecule has 7 heteroatoms. The Bertz CT molecular complexity index is 670. The van der Waals surface area contributed by atoms with E-state index in [2.05, 4.69) is 5.32 Å². The first-order valence-electron chi connectivity index (χ1n) is 8.73. The Balaban J connectivity index is 1.71. The highest BCUT2D eigenvalue weighted by atomic mass is 16.4. The van der Waals surface area contributed by atoms with E-state index in [1.807, 2.05) is 0 Å². The highest BCUT2D eigenvalue weighted by molar-refractivity contribution is 6.03. The SMILES string of the molecule is O=C(O)C1CCCN(C(=O)Nc2ccccc2C(=O)N2CCCC2)C1. The monoisotopic (exact) mass is 345 g/mol. The van der Waals surface area contributed by atoms with Crippen LogP contribution >= 0.6 is 0 Å². The molecule has 2 aliphatic rings. The molecule has 2 N–H and O–H groups in total. The van der Waals surface area contributed by atoms with Gasteiger partial charge in [0.1, 0.15) is 0 Å². The van der Waals surface area contributed by atoms with Gasteiger partial charge in [0.15, 0.2) is 0 Å². The largest absolute Gasteiger partial charge is 0.481 e. The summed E-state index contributed by atoms with van der Waals surface area (Å²) in [5, 5.41) is 11.9. The van der Waals surface area contributed by atoms with Crippen LogP contribution in [0.4, 0.5) is 10.5 Å². The molecule has 3 amide bonds. The normalized spacial score (nSPS) is 20.4. The Morgan fingerprint density at radius 1 is 1.00 bits per heavy atom. The Hall–Kier alpha value is -2.57. The molecular weight excluding hydrogens is 322 g/mol. The molecule has 2 fully saturated rings. The summed E-state index contributed by atoms with van der Waals surface area (Å²) >= 11 is 0. The molecule has 0 bridgehead atoms. The molecule has 25 heavy (non-hydrogen) atoms. The summed E-state index contributed by atoms with van der Waals surface area (Å²) < 4.78 is 0. The van der Waals surface area contributed by atoms with Crippen molar-refractivity contribution < 1.29 is 19.5 Å². The van der Waals surface area contributed by atoms with Gasteiger partial charge < -0.3 is 20.2 Å². The number of rotatable bonds is 3. The maximum absolute atomic E-state index is 12.7. The van der Waals surface area contributed by atoms with E-state index in [0.717, 1.165) is 25.9 Å². The number of para-hydroxylation sites is 1. The molecule has 1 aromatic rings. The van der Waals surface area contributed by atoms with Crippen molar-refractivity contribution in [2.75, 3.05) is 31.5 Å². The number of piperidine rings is 1. The predicted octanol–water partition coefficient (Wildman–Crippen LogP) is 2.25. The summed E-state index contributed by atoms with van der Waals surface area (Å²) in [6, 6.07) is 6.62. The summed E-state index contributed by atoms with van der Waals surface area (Å²) in [4.78, 5) is 39.7. The van der Waals surface area contributed by atoms with Crippen molar-refractivity contribution in [2.24, 2.45) is 5.92 Å². The van der Waals surface area contributed by atoms with Gasteiger partial charge in [0.25, 0.3) is 5.91 Å². The quantitative estimate of drug-likeness (QED) is 0.879. The standard InChI is InChI=1S/C18H23N3O4/c22-16(20-9-3-4-10-20)14-7-1-2-8-15(14)19-18(25)21-11-5-6-13(12-21)17(23)24/h1-2,7-8,13H,3-6,9-12H2,(H,19,25)(H,23,24). The number of likely N-dealkylation sites (tertiary alicyclic amines) is 2. The Labute approximate surface area is 146 Å². The zero-order valence-corrected chi connectivity index (χ0v) is 14.1.